The molecule has 0 N–H and O–H groups in total. The number of hydrogen-bond donors (Lipinski definition) is 0. The third-order valence-corrected chi connectivity index (χ3v) is 7.18. The summed E-state index contributed by atoms with van der Waals surface area (Å²) < 4.78 is 59.5. The van der Waals surface area contributed by atoms with Gasteiger partial charge in [0, 0.05) is 16.7 Å². The predicted octanol–water partition coefficient (Wildman–Crippen LogP) is 10.1. The van der Waals surface area contributed by atoms with Crippen molar-refractivity contribution >= 4 is 5.57 Å². The molecule has 1 aliphatic carbocycles. The fourth-order valence-electron chi connectivity index (χ4n) is 4.91. The fourth-order valence-corrected chi connectivity index (χ4v) is 4.91. The van der Waals surface area contributed by atoms with Gasteiger partial charge < -0.3 is 0 Å². The number of benzene rings is 3. The average Bonchev–Trinajstić information content (AvgIpc) is 2.91. The molecule has 0 aliphatic heterocycles. The molecular formula is C32H32F4. The topological polar surface area (TPSA) is 0 Å². The second kappa shape index (κ2) is 11.7. The number of allylic oxidation sites excluding steroid dienone is 3. The van der Waals surface area contributed by atoms with Crippen LogP contribution in [-0.2, 0) is 6.42 Å². The molecule has 3 aromatic carbocycles. The van der Waals surface area contributed by atoms with Crippen LogP contribution in [0, 0.1) is 29.2 Å². The van der Waals surface area contributed by atoms with Gasteiger partial charge in [-0.15, -0.1) is 6.58 Å². The first-order chi connectivity index (χ1) is 17.4. The molecule has 1 atom stereocenters. The van der Waals surface area contributed by atoms with Crippen LogP contribution >= 0.6 is 0 Å². The predicted molar refractivity (Wildman–Crippen MR) is 141 cm³/mol. The van der Waals surface area contributed by atoms with E-state index in [4.69, 9.17) is 0 Å². The lowest BCUT2D eigenvalue weighted by Crippen LogP contribution is -2.04. The van der Waals surface area contributed by atoms with Gasteiger partial charge in [-0.25, -0.2) is 17.6 Å². The van der Waals surface area contributed by atoms with Crippen LogP contribution in [-0.4, -0.2) is 0 Å². The van der Waals surface area contributed by atoms with Gasteiger partial charge in [0.2, 0.25) is 0 Å². The van der Waals surface area contributed by atoms with E-state index in [0.717, 1.165) is 44.1 Å². The normalized spacial score (nSPS) is 15.6. The van der Waals surface area contributed by atoms with Gasteiger partial charge in [-0.1, -0.05) is 86.9 Å². The van der Waals surface area contributed by atoms with E-state index in [1.54, 1.807) is 48.5 Å². The lowest BCUT2D eigenvalue weighted by atomic mass is 9.86. The third kappa shape index (κ3) is 5.48. The molecule has 4 heteroatoms. The number of hydrogen-bond acceptors (Lipinski definition) is 0. The maximum Gasteiger partial charge on any atom is 0.167 e. The zero-order chi connectivity index (χ0) is 25.7. The fraction of sp³-hybridized carbons (Fsp3) is 0.312. The van der Waals surface area contributed by atoms with Crippen molar-refractivity contribution in [2.24, 2.45) is 5.92 Å². The summed E-state index contributed by atoms with van der Waals surface area (Å²) in [4.78, 5) is 0. The highest BCUT2D eigenvalue weighted by atomic mass is 19.2. The van der Waals surface area contributed by atoms with Gasteiger partial charge in [0.1, 0.15) is 0 Å². The number of halogens is 4. The van der Waals surface area contributed by atoms with Crippen LogP contribution in [0.25, 0.3) is 27.8 Å². The minimum atomic E-state index is -0.906. The lowest BCUT2D eigenvalue weighted by Gasteiger charge is -2.20. The van der Waals surface area contributed by atoms with Crippen molar-refractivity contribution < 1.29 is 17.6 Å². The Morgan fingerprint density at radius 2 is 1.33 bits per heavy atom. The standard InChI is InChI=1S/C32H32F4/c1-3-5-6-7-8-25-17-18-26(30(34)29(25)33)23-13-15-24(16-14-23)28-20-19-27(31(35)32(28)36)22-11-9-21(4-2)10-12-22/h4,11,13-21H,2-3,5-10,12H2,1H3. The zero-order valence-electron chi connectivity index (χ0n) is 20.7. The highest BCUT2D eigenvalue weighted by Crippen LogP contribution is 2.36. The monoisotopic (exact) mass is 492 g/mol. The summed E-state index contributed by atoms with van der Waals surface area (Å²) in [5, 5.41) is 0. The van der Waals surface area contributed by atoms with E-state index in [2.05, 4.69) is 13.5 Å². The number of rotatable bonds is 9. The Labute approximate surface area is 211 Å². The van der Waals surface area contributed by atoms with Gasteiger partial charge >= 0.3 is 0 Å². The van der Waals surface area contributed by atoms with Crippen molar-refractivity contribution in [1.29, 1.82) is 0 Å². The maximum atomic E-state index is 15.1. The highest BCUT2D eigenvalue weighted by molar-refractivity contribution is 5.74. The van der Waals surface area contributed by atoms with Crippen molar-refractivity contribution in [3.8, 4) is 22.3 Å². The van der Waals surface area contributed by atoms with E-state index in [9.17, 15) is 13.2 Å². The van der Waals surface area contributed by atoms with E-state index >= 15 is 4.39 Å². The SMILES string of the molecule is C=CC1CC=C(c2ccc(-c3ccc(-c4ccc(CCCCCC)c(F)c4F)cc3)c(F)c2F)CC1. The van der Waals surface area contributed by atoms with Crippen LogP contribution < -0.4 is 0 Å². The van der Waals surface area contributed by atoms with Crippen LogP contribution in [0.1, 0.15) is 63.0 Å². The first kappa shape index (κ1) is 25.9. The number of aryl methyl sites for hydroxylation is 1. The second-order valence-corrected chi connectivity index (χ2v) is 9.58. The molecule has 1 unspecified atom stereocenters. The molecule has 3 aromatic rings. The molecule has 0 bridgehead atoms. The number of unbranched alkanes of at least 4 members (excludes halogenated alkanes) is 3. The summed E-state index contributed by atoms with van der Waals surface area (Å²) in [7, 11) is 0. The minimum Gasteiger partial charge on any atom is -0.203 e. The molecule has 36 heavy (non-hydrogen) atoms. The lowest BCUT2D eigenvalue weighted by molar-refractivity contribution is 0.498. The van der Waals surface area contributed by atoms with E-state index in [1.807, 2.05) is 12.2 Å². The molecule has 0 spiro atoms. The summed E-state index contributed by atoms with van der Waals surface area (Å²) in [5.41, 5.74) is 2.74. The third-order valence-electron chi connectivity index (χ3n) is 7.18. The molecule has 0 amide bonds. The van der Waals surface area contributed by atoms with Crippen LogP contribution in [0.5, 0.6) is 0 Å². The Morgan fingerprint density at radius 1 is 0.750 bits per heavy atom. The summed E-state index contributed by atoms with van der Waals surface area (Å²) >= 11 is 0. The molecule has 0 nitrogen and oxygen atoms in total. The van der Waals surface area contributed by atoms with Gasteiger partial charge in [0.15, 0.2) is 23.3 Å². The van der Waals surface area contributed by atoms with Gasteiger partial charge in [-0.3, -0.25) is 0 Å². The van der Waals surface area contributed by atoms with Crippen molar-refractivity contribution in [3.63, 3.8) is 0 Å². The molecule has 4 rings (SSSR count). The molecule has 0 fully saturated rings. The molecule has 0 saturated carbocycles. The Morgan fingerprint density at radius 3 is 1.92 bits per heavy atom. The van der Waals surface area contributed by atoms with Crippen LogP contribution in [0.3, 0.4) is 0 Å². The minimum absolute atomic E-state index is 0.136. The van der Waals surface area contributed by atoms with Gasteiger partial charge in [-0.05, 0) is 60.3 Å². The quantitative estimate of drug-likeness (QED) is 0.158. The van der Waals surface area contributed by atoms with Crippen LogP contribution in [0.15, 0.2) is 67.3 Å². The molecule has 1 aliphatic rings. The summed E-state index contributed by atoms with van der Waals surface area (Å²) in [5.74, 6) is -3.08. The first-order valence-corrected chi connectivity index (χ1v) is 12.8. The highest BCUT2D eigenvalue weighted by Gasteiger charge is 2.20. The van der Waals surface area contributed by atoms with Crippen molar-refractivity contribution in [2.75, 3.05) is 0 Å². The van der Waals surface area contributed by atoms with Gasteiger partial charge in [0.05, 0.1) is 0 Å². The second-order valence-electron chi connectivity index (χ2n) is 9.58. The van der Waals surface area contributed by atoms with Gasteiger partial charge in [0.25, 0.3) is 0 Å². The molecule has 0 aromatic heterocycles. The van der Waals surface area contributed by atoms with Crippen molar-refractivity contribution in [2.45, 2.75) is 58.3 Å². The molecule has 0 saturated heterocycles. The van der Waals surface area contributed by atoms with E-state index in [1.165, 1.54) is 0 Å². The summed E-state index contributed by atoms with van der Waals surface area (Å²) in [6.07, 6.45) is 10.7. The molecule has 0 radical (unpaired) electrons. The Balaban J connectivity index is 1.55. The zero-order valence-corrected chi connectivity index (χ0v) is 20.7. The van der Waals surface area contributed by atoms with E-state index in [0.29, 0.717) is 41.0 Å². The average molecular weight is 493 g/mol. The Kier molecular flexibility index (Phi) is 8.45. The van der Waals surface area contributed by atoms with Crippen LogP contribution in [0.4, 0.5) is 17.6 Å². The Bertz CT molecular complexity index is 1250. The van der Waals surface area contributed by atoms with Crippen molar-refractivity contribution in [1.82, 2.24) is 0 Å². The Hall–Kier alpha value is -3.14. The van der Waals surface area contributed by atoms with Crippen LogP contribution in [0.2, 0.25) is 0 Å². The van der Waals surface area contributed by atoms with E-state index in [-0.39, 0.29) is 11.1 Å². The molecule has 188 valence electrons. The van der Waals surface area contributed by atoms with Crippen molar-refractivity contribution in [3.05, 3.63) is 102 Å². The maximum absolute atomic E-state index is 15.1. The molecular weight excluding hydrogens is 460 g/mol. The first-order valence-electron chi connectivity index (χ1n) is 12.8. The van der Waals surface area contributed by atoms with E-state index < -0.39 is 23.3 Å². The van der Waals surface area contributed by atoms with Gasteiger partial charge in [-0.2, -0.15) is 0 Å². The summed E-state index contributed by atoms with van der Waals surface area (Å²) in [6.45, 7) is 5.92. The smallest absolute Gasteiger partial charge is 0.167 e. The molecule has 0 heterocycles. The largest absolute Gasteiger partial charge is 0.203 e. The summed E-state index contributed by atoms with van der Waals surface area (Å²) in [6, 6.07) is 12.9.